The molecule has 26 heavy (non-hydrogen) atoms. The lowest BCUT2D eigenvalue weighted by Gasteiger charge is -2.26. The molecule has 1 N–H and O–H groups in total. The Labute approximate surface area is 155 Å². The summed E-state index contributed by atoms with van der Waals surface area (Å²) in [6, 6.07) is 7.03. The molecule has 1 unspecified atom stereocenters. The molecular formula is C19H29N5O2. The summed E-state index contributed by atoms with van der Waals surface area (Å²) in [6.45, 7) is 6.09. The fourth-order valence-electron chi connectivity index (χ4n) is 3.05. The molecule has 1 heterocycles. The fourth-order valence-corrected chi connectivity index (χ4v) is 3.05. The summed E-state index contributed by atoms with van der Waals surface area (Å²) in [4.78, 5) is 12.7. The first kappa shape index (κ1) is 20.1. The van der Waals surface area contributed by atoms with Crippen LogP contribution in [-0.2, 0) is 13.6 Å². The minimum absolute atomic E-state index is 0.0897. The Morgan fingerprint density at radius 1 is 1.27 bits per heavy atom. The van der Waals surface area contributed by atoms with Crippen LogP contribution in [-0.4, -0.2) is 46.3 Å². The first-order chi connectivity index (χ1) is 12.3. The number of nitro benzene ring substituents is 1. The first-order valence-corrected chi connectivity index (χ1v) is 8.92. The van der Waals surface area contributed by atoms with Crippen LogP contribution in [0.15, 0.2) is 30.5 Å². The molecule has 7 nitrogen and oxygen atoms in total. The van der Waals surface area contributed by atoms with Crippen molar-refractivity contribution in [1.82, 2.24) is 20.0 Å². The summed E-state index contributed by atoms with van der Waals surface area (Å²) in [5, 5.41) is 18.9. The summed E-state index contributed by atoms with van der Waals surface area (Å²) < 4.78 is 1.78. The highest BCUT2D eigenvalue weighted by Gasteiger charge is 2.15. The second kappa shape index (κ2) is 8.91. The van der Waals surface area contributed by atoms with Crippen molar-refractivity contribution in [2.45, 2.75) is 32.9 Å². The van der Waals surface area contributed by atoms with Gasteiger partial charge in [-0.1, -0.05) is 13.8 Å². The normalized spacial score (nSPS) is 12.7. The van der Waals surface area contributed by atoms with Crippen molar-refractivity contribution >= 4 is 5.69 Å². The van der Waals surface area contributed by atoms with Gasteiger partial charge in [0, 0.05) is 55.6 Å². The molecule has 0 saturated carbocycles. The fraction of sp³-hybridized carbons (Fsp3) is 0.526. The largest absolute Gasteiger partial charge is 0.311 e. The minimum Gasteiger partial charge on any atom is -0.311 e. The van der Waals surface area contributed by atoms with Gasteiger partial charge in [-0.05, 0) is 38.6 Å². The van der Waals surface area contributed by atoms with E-state index < -0.39 is 0 Å². The van der Waals surface area contributed by atoms with E-state index in [0.717, 1.165) is 29.8 Å². The average molecular weight is 359 g/mol. The van der Waals surface area contributed by atoms with E-state index >= 15 is 0 Å². The summed E-state index contributed by atoms with van der Waals surface area (Å²) in [6.07, 6.45) is 3.14. The molecule has 1 atom stereocenters. The molecule has 1 aromatic heterocycles. The van der Waals surface area contributed by atoms with Crippen molar-refractivity contribution in [1.29, 1.82) is 0 Å². The molecule has 2 aromatic rings. The topological polar surface area (TPSA) is 76.2 Å². The van der Waals surface area contributed by atoms with E-state index in [0.29, 0.717) is 18.5 Å². The van der Waals surface area contributed by atoms with E-state index in [9.17, 15) is 10.1 Å². The van der Waals surface area contributed by atoms with Gasteiger partial charge in [-0.15, -0.1) is 0 Å². The van der Waals surface area contributed by atoms with E-state index in [-0.39, 0.29) is 10.6 Å². The molecule has 0 fully saturated rings. The van der Waals surface area contributed by atoms with Gasteiger partial charge in [0.2, 0.25) is 0 Å². The van der Waals surface area contributed by atoms with E-state index in [2.05, 4.69) is 43.3 Å². The molecule has 0 amide bonds. The van der Waals surface area contributed by atoms with E-state index in [1.165, 1.54) is 12.1 Å². The van der Waals surface area contributed by atoms with Crippen molar-refractivity contribution in [2.75, 3.05) is 20.6 Å². The molecule has 1 aromatic carbocycles. The Hall–Kier alpha value is -2.25. The molecule has 0 bridgehead atoms. The van der Waals surface area contributed by atoms with Crippen molar-refractivity contribution in [2.24, 2.45) is 13.0 Å². The summed E-state index contributed by atoms with van der Waals surface area (Å²) in [7, 11) is 6.11. The monoisotopic (exact) mass is 359 g/mol. The van der Waals surface area contributed by atoms with Gasteiger partial charge in [-0.2, -0.15) is 5.10 Å². The highest BCUT2D eigenvalue weighted by atomic mass is 16.6. The maximum Gasteiger partial charge on any atom is 0.269 e. The van der Waals surface area contributed by atoms with E-state index in [1.807, 2.05) is 13.2 Å². The zero-order chi connectivity index (χ0) is 19.3. The smallest absolute Gasteiger partial charge is 0.269 e. The predicted molar refractivity (Wildman–Crippen MR) is 104 cm³/mol. The van der Waals surface area contributed by atoms with Gasteiger partial charge >= 0.3 is 0 Å². The third kappa shape index (κ3) is 5.37. The molecule has 142 valence electrons. The number of hydrogen-bond acceptors (Lipinski definition) is 5. The first-order valence-electron chi connectivity index (χ1n) is 8.92. The molecule has 0 aliphatic carbocycles. The predicted octanol–water partition coefficient (Wildman–Crippen LogP) is 3.06. The number of likely N-dealkylation sites (N-methyl/N-ethyl adjacent to an activating group) is 1. The highest BCUT2D eigenvalue weighted by molar-refractivity contribution is 5.64. The quantitative estimate of drug-likeness (QED) is 0.550. The van der Waals surface area contributed by atoms with Crippen molar-refractivity contribution in [3.63, 3.8) is 0 Å². The molecule has 0 spiro atoms. The van der Waals surface area contributed by atoms with Crippen LogP contribution >= 0.6 is 0 Å². The Kier molecular flexibility index (Phi) is 6.88. The number of benzene rings is 1. The van der Waals surface area contributed by atoms with Crippen molar-refractivity contribution in [3.8, 4) is 11.3 Å². The van der Waals surface area contributed by atoms with Crippen LogP contribution in [0.5, 0.6) is 0 Å². The zero-order valence-corrected chi connectivity index (χ0v) is 16.3. The molecule has 7 heteroatoms. The van der Waals surface area contributed by atoms with Gasteiger partial charge < -0.3 is 10.2 Å². The number of aryl methyl sites for hydroxylation is 1. The second-order valence-electron chi connectivity index (χ2n) is 7.36. The van der Waals surface area contributed by atoms with Gasteiger partial charge in [0.25, 0.3) is 5.69 Å². The molecule has 0 radical (unpaired) electrons. The van der Waals surface area contributed by atoms with Crippen LogP contribution in [0.3, 0.4) is 0 Å². The third-order valence-corrected chi connectivity index (χ3v) is 4.43. The lowest BCUT2D eigenvalue weighted by atomic mass is 10.0. The van der Waals surface area contributed by atoms with Crippen LogP contribution < -0.4 is 5.32 Å². The Balaban J connectivity index is 2.07. The van der Waals surface area contributed by atoms with E-state index in [1.54, 1.807) is 16.8 Å². The maximum atomic E-state index is 10.8. The van der Waals surface area contributed by atoms with Crippen LogP contribution in [0.1, 0.15) is 25.8 Å². The number of nitrogens with one attached hydrogen (secondary N) is 1. The number of nitrogens with zero attached hydrogens (tertiary/aromatic N) is 4. The van der Waals surface area contributed by atoms with Crippen LogP contribution in [0, 0.1) is 16.0 Å². The Morgan fingerprint density at radius 3 is 2.46 bits per heavy atom. The van der Waals surface area contributed by atoms with Gasteiger partial charge in [0.15, 0.2) is 0 Å². The van der Waals surface area contributed by atoms with Gasteiger partial charge in [0.05, 0.1) is 10.6 Å². The molecule has 0 aliphatic rings. The Morgan fingerprint density at radius 2 is 1.92 bits per heavy atom. The lowest BCUT2D eigenvalue weighted by Crippen LogP contribution is -2.38. The SMILES string of the molecule is CC(C)CC(CNCc1cn(C)nc1-c1ccc([N+](=O)[O-])cc1)N(C)C. The standard InChI is InChI=1S/C19H29N5O2/c1-14(2)10-18(22(3)4)12-20-11-16-13-23(5)21-19(16)15-6-8-17(9-7-15)24(25)26/h6-9,13-14,18,20H,10-12H2,1-5H3. The number of aromatic nitrogens is 2. The average Bonchev–Trinajstić information content (AvgIpc) is 2.94. The van der Waals surface area contributed by atoms with Crippen LogP contribution in [0.25, 0.3) is 11.3 Å². The van der Waals surface area contributed by atoms with Gasteiger partial charge in [-0.3, -0.25) is 14.8 Å². The lowest BCUT2D eigenvalue weighted by molar-refractivity contribution is -0.384. The highest BCUT2D eigenvalue weighted by Crippen LogP contribution is 2.24. The summed E-state index contributed by atoms with van der Waals surface area (Å²) in [5.41, 5.74) is 2.93. The second-order valence-corrected chi connectivity index (χ2v) is 7.36. The minimum atomic E-state index is -0.388. The molecule has 0 aliphatic heterocycles. The molecular weight excluding hydrogens is 330 g/mol. The van der Waals surface area contributed by atoms with Gasteiger partial charge in [-0.25, -0.2) is 0 Å². The molecule has 0 saturated heterocycles. The number of hydrogen-bond donors (Lipinski definition) is 1. The van der Waals surface area contributed by atoms with Crippen molar-refractivity contribution < 1.29 is 4.92 Å². The third-order valence-electron chi connectivity index (χ3n) is 4.43. The Bertz CT molecular complexity index is 722. The number of nitro groups is 1. The van der Waals surface area contributed by atoms with Crippen molar-refractivity contribution in [3.05, 3.63) is 46.1 Å². The molecule has 2 rings (SSSR count). The summed E-state index contributed by atoms with van der Waals surface area (Å²) in [5.74, 6) is 0.651. The number of non-ortho nitro benzene ring substituents is 1. The van der Waals surface area contributed by atoms with Crippen LogP contribution in [0.4, 0.5) is 5.69 Å². The van der Waals surface area contributed by atoms with Crippen LogP contribution in [0.2, 0.25) is 0 Å². The van der Waals surface area contributed by atoms with E-state index in [4.69, 9.17) is 0 Å². The number of rotatable bonds is 9. The zero-order valence-electron chi connectivity index (χ0n) is 16.3. The summed E-state index contributed by atoms with van der Waals surface area (Å²) >= 11 is 0. The van der Waals surface area contributed by atoms with Gasteiger partial charge in [0.1, 0.15) is 0 Å². The maximum absolute atomic E-state index is 10.8.